The van der Waals surface area contributed by atoms with Crippen molar-refractivity contribution in [3.63, 3.8) is 0 Å². The van der Waals surface area contributed by atoms with Gasteiger partial charge in [-0.3, -0.25) is 0 Å². The minimum Gasteiger partial charge on any atom is -0.494 e. The molecule has 0 amide bonds. The number of benzene rings is 2. The van der Waals surface area contributed by atoms with Crippen molar-refractivity contribution >= 4 is 11.9 Å². The summed E-state index contributed by atoms with van der Waals surface area (Å²) in [6.45, 7) is 6.62. The minimum absolute atomic E-state index is 0.802. The molecule has 2 aromatic rings. The number of nitrogens with one attached hydrogen (secondary N) is 1. The molecule has 0 unspecified atom stereocenters. The van der Waals surface area contributed by atoms with Gasteiger partial charge in [-0.25, -0.2) is 9.59 Å². The first-order valence-corrected chi connectivity index (χ1v) is 9.74. The van der Waals surface area contributed by atoms with E-state index in [0.717, 1.165) is 31.9 Å². The van der Waals surface area contributed by atoms with Crippen LogP contribution in [0, 0.1) is 0 Å². The number of hydrogen-bond acceptors (Lipinski definition) is 5. The van der Waals surface area contributed by atoms with E-state index in [1.807, 2.05) is 6.07 Å². The van der Waals surface area contributed by atoms with Crippen molar-refractivity contribution in [2.24, 2.45) is 0 Å². The van der Waals surface area contributed by atoms with E-state index < -0.39 is 11.9 Å². The van der Waals surface area contributed by atoms with Gasteiger partial charge in [-0.2, -0.15) is 0 Å². The Labute approximate surface area is 170 Å². The standard InChI is InChI=1S/C20H26N2O.C2H2O4/c1-2-6-18(7-3-1)19-8-10-20(11-9-19)23-17-5-4-14-22-15-12-21-13-16-22;3-1(4)2(5)6/h1-3,6-11,21H,4-5,12-17H2;(H,3,4)(H,5,6). The molecule has 1 aliphatic rings. The van der Waals surface area contributed by atoms with Crippen molar-refractivity contribution in [3.05, 3.63) is 54.6 Å². The Balaban J connectivity index is 0.000000438. The third-order valence-corrected chi connectivity index (χ3v) is 4.49. The van der Waals surface area contributed by atoms with Crippen LogP contribution in [0.5, 0.6) is 5.75 Å². The highest BCUT2D eigenvalue weighted by Crippen LogP contribution is 2.22. The molecule has 0 aliphatic carbocycles. The normalized spacial score (nSPS) is 13.8. The molecule has 1 fully saturated rings. The van der Waals surface area contributed by atoms with Crippen LogP contribution in [0.4, 0.5) is 0 Å². The fourth-order valence-corrected chi connectivity index (χ4v) is 2.94. The van der Waals surface area contributed by atoms with Crippen LogP contribution in [0.25, 0.3) is 11.1 Å². The maximum atomic E-state index is 9.10. The van der Waals surface area contributed by atoms with Crippen LogP contribution in [0.3, 0.4) is 0 Å². The predicted molar refractivity (Wildman–Crippen MR) is 111 cm³/mol. The second kappa shape index (κ2) is 12.5. The predicted octanol–water partition coefficient (Wildman–Crippen LogP) is 2.57. The summed E-state index contributed by atoms with van der Waals surface area (Å²) in [5, 5.41) is 18.2. The van der Waals surface area contributed by atoms with Gasteiger partial charge in [-0.05, 0) is 42.6 Å². The van der Waals surface area contributed by atoms with Crippen LogP contribution in [0.2, 0.25) is 0 Å². The van der Waals surface area contributed by atoms with Gasteiger partial charge < -0.3 is 25.2 Å². The Hall–Kier alpha value is -2.90. The smallest absolute Gasteiger partial charge is 0.414 e. The molecular formula is C22H28N2O5. The molecule has 0 saturated carbocycles. The van der Waals surface area contributed by atoms with Gasteiger partial charge in [0.15, 0.2) is 0 Å². The second-order valence-electron chi connectivity index (χ2n) is 6.65. The quantitative estimate of drug-likeness (QED) is 0.485. The topological polar surface area (TPSA) is 99.1 Å². The van der Waals surface area contributed by atoms with Crippen LogP contribution in [0.15, 0.2) is 54.6 Å². The number of nitrogens with zero attached hydrogens (tertiary/aromatic N) is 1. The fourth-order valence-electron chi connectivity index (χ4n) is 2.94. The molecule has 7 nitrogen and oxygen atoms in total. The molecule has 0 aromatic heterocycles. The first kappa shape index (κ1) is 22.4. The second-order valence-corrected chi connectivity index (χ2v) is 6.65. The number of carboxylic acids is 2. The summed E-state index contributed by atoms with van der Waals surface area (Å²) < 4.78 is 5.86. The summed E-state index contributed by atoms with van der Waals surface area (Å²) >= 11 is 0. The molecule has 7 heteroatoms. The van der Waals surface area contributed by atoms with Gasteiger partial charge in [0.1, 0.15) is 5.75 Å². The number of hydrogen-bond donors (Lipinski definition) is 3. The fraction of sp³-hybridized carbons (Fsp3) is 0.364. The summed E-state index contributed by atoms with van der Waals surface area (Å²) in [6.07, 6.45) is 2.33. The number of carboxylic acid groups (broad SMARTS) is 2. The van der Waals surface area contributed by atoms with Gasteiger partial charge in [0, 0.05) is 26.2 Å². The van der Waals surface area contributed by atoms with Crippen LogP contribution >= 0.6 is 0 Å². The molecule has 0 radical (unpaired) electrons. The highest BCUT2D eigenvalue weighted by Gasteiger charge is 2.08. The Morgan fingerprint density at radius 1 is 0.862 bits per heavy atom. The lowest BCUT2D eigenvalue weighted by Gasteiger charge is -2.26. The minimum atomic E-state index is -1.82. The van der Waals surface area contributed by atoms with Crippen molar-refractivity contribution in [2.75, 3.05) is 39.3 Å². The zero-order valence-electron chi connectivity index (χ0n) is 16.4. The lowest BCUT2D eigenvalue weighted by Crippen LogP contribution is -2.43. The summed E-state index contributed by atoms with van der Waals surface area (Å²) in [5.74, 6) is -2.68. The van der Waals surface area contributed by atoms with Crippen molar-refractivity contribution in [2.45, 2.75) is 12.8 Å². The van der Waals surface area contributed by atoms with Gasteiger partial charge in [0.25, 0.3) is 0 Å². The largest absolute Gasteiger partial charge is 0.494 e. The Kier molecular flexibility index (Phi) is 9.68. The van der Waals surface area contributed by atoms with Gasteiger partial charge in [-0.15, -0.1) is 0 Å². The van der Waals surface area contributed by atoms with E-state index in [2.05, 4.69) is 58.7 Å². The van der Waals surface area contributed by atoms with Crippen LogP contribution < -0.4 is 10.1 Å². The summed E-state index contributed by atoms with van der Waals surface area (Å²) in [6, 6.07) is 18.8. The summed E-state index contributed by atoms with van der Waals surface area (Å²) in [5.41, 5.74) is 2.48. The maximum Gasteiger partial charge on any atom is 0.414 e. The first-order valence-electron chi connectivity index (χ1n) is 9.74. The van der Waals surface area contributed by atoms with Crippen LogP contribution in [0.1, 0.15) is 12.8 Å². The van der Waals surface area contributed by atoms with E-state index in [0.29, 0.717) is 0 Å². The van der Waals surface area contributed by atoms with E-state index in [4.69, 9.17) is 24.5 Å². The van der Waals surface area contributed by atoms with Crippen molar-refractivity contribution in [1.82, 2.24) is 10.2 Å². The highest BCUT2D eigenvalue weighted by molar-refractivity contribution is 6.27. The van der Waals surface area contributed by atoms with E-state index in [1.54, 1.807) is 0 Å². The van der Waals surface area contributed by atoms with E-state index in [9.17, 15) is 0 Å². The monoisotopic (exact) mass is 400 g/mol. The van der Waals surface area contributed by atoms with Crippen LogP contribution in [-0.2, 0) is 9.59 Å². The van der Waals surface area contributed by atoms with Crippen molar-refractivity contribution in [3.8, 4) is 16.9 Å². The maximum absolute atomic E-state index is 9.10. The van der Waals surface area contributed by atoms with E-state index >= 15 is 0 Å². The van der Waals surface area contributed by atoms with E-state index in [1.165, 1.54) is 37.2 Å². The SMILES string of the molecule is O=C(O)C(=O)O.c1ccc(-c2ccc(OCCCCN3CCNCC3)cc2)cc1. The number of unbranched alkanes of at least 4 members (excludes halogenated alkanes) is 1. The average Bonchev–Trinajstić information content (AvgIpc) is 2.76. The zero-order chi connectivity index (χ0) is 20.9. The lowest BCUT2D eigenvalue weighted by molar-refractivity contribution is -0.159. The van der Waals surface area contributed by atoms with E-state index in [-0.39, 0.29) is 0 Å². The molecule has 3 N–H and O–H groups in total. The summed E-state index contributed by atoms with van der Waals surface area (Å²) in [4.78, 5) is 20.7. The average molecular weight is 400 g/mol. The Morgan fingerprint density at radius 3 is 2.03 bits per heavy atom. The van der Waals surface area contributed by atoms with Gasteiger partial charge >= 0.3 is 11.9 Å². The number of rotatable bonds is 7. The first-order chi connectivity index (χ1) is 14.1. The zero-order valence-corrected chi connectivity index (χ0v) is 16.4. The van der Waals surface area contributed by atoms with Crippen molar-refractivity contribution < 1.29 is 24.5 Å². The number of piperazine rings is 1. The third-order valence-electron chi connectivity index (χ3n) is 4.49. The molecule has 2 aromatic carbocycles. The Bertz CT molecular complexity index is 732. The molecule has 0 bridgehead atoms. The van der Waals surface area contributed by atoms with Crippen LogP contribution in [-0.4, -0.2) is 66.4 Å². The molecule has 0 atom stereocenters. The third kappa shape index (κ3) is 8.76. The molecule has 1 aliphatic heterocycles. The highest BCUT2D eigenvalue weighted by atomic mass is 16.5. The molecule has 0 spiro atoms. The molecule has 3 rings (SSSR count). The van der Waals surface area contributed by atoms with Gasteiger partial charge in [0.2, 0.25) is 0 Å². The molecule has 156 valence electrons. The number of ether oxygens (including phenoxy) is 1. The van der Waals surface area contributed by atoms with Gasteiger partial charge in [0.05, 0.1) is 6.61 Å². The lowest BCUT2D eigenvalue weighted by atomic mass is 10.1. The Morgan fingerprint density at radius 2 is 1.45 bits per heavy atom. The van der Waals surface area contributed by atoms with Gasteiger partial charge in [-0.1, -0.05) is 42.5 Å². The number of aliphatic carboxylic acids is 2. The summed E-state index contributed by atoms with van der Waals surface area (Å²) in [7, 11) is 0. The van der Waals surface area contributed by atoms with Crippen molar-refractivity contribution in [1.29, 1.82) is 0 Å². The number of carbonyl (C=O) groups is 2. The molecule has 1 saturated heterocycles. The molecule has 1 heterocycles. The molecule has 29 heavy (non-hydrogen) atoms. The molecular weight excluding hydrogens is 372 g/mol.